The van der Waals surface area contributed by atoms with E-state index in [9.17, 15) is 0 Å². The second-order valence-electron chi connectivity index (χ2n) is 4.00. The van der Waals surface area contributed by atoms with E-state index in [2.05, 4.69) is 13.8 Å². The van der Waals surface area contributed by atoms with Gasteiger partial charge >= 0.3 is 0 Å². The molecule has 1 fully saturated rings. The maximum Gasteiger partial charge on any atom is -0.0414 e. The molecule has 0 bridgehead atoms. The molecule has 11 heavy (non-hydrogen) atoms. The summed E-state index contributed by atoms with van der Waals surface area (Å²) in [5.74, 6) is 1.79. The Morgan fingerprint density at radius 3 is 2.09 bits per heavy atom. The molecule has 0 aromatic carbocycles. The average Bonchev–Trinajstić information content (AvgIpc) is 1.96. The Kier molecular flexibility index (Phi) is 3.96. The highest BCUT2D eigenvalue weighted by molar-refractivity contribution is 4.68. The third-order valence-electron chi connectivity index (χ3n) is 3.03. The lowest BCUT2D eigenvalue weighted by Crippen LogP contribution is -2.06. The minimum atomic E-state index is 0.757. The molecule has 0 spiro atoms. The summed E-state index contributed by atoms with van der Waals surface area (Å²) >= 11 is 0. The van der Waals surface area contributed by atoms with E-state index >= 15 is 0 Å². The second-order valence-corrected chi connectivity index (χ2v) is 4.00. The van der Waals surface area contributed by atoms with Crippen LogP contribution in [0.4, 0.5) is 0 Å². The molecule has 0 atom stereocenters. The van der Waals surface area contributed by atoms with Gasteiger partial charge in [-0.3, -0.25) is 0 Å². The summed E-state index contributed by atoms with van der Waals surface area (Å²) in [6.45, 7) is 6.48. The minimum absolute atomic E-state index is 0.757. The van der Waals surface area contributed by atoms with E-state index in [1.165, 1.54) is 44.9 Å². The van der Waals surface area contributed by atoms with E-state index in [4.69, 9.17) is 0 Å². The van der Waals surface area contributed by atoms with E-state index in [1.807, 2.05) is 0 Å². The van der Waals surface area contributed by atoms with Crippen molar-refractivity contribution in [3.05, 3.63) is 6.92 Å². The summed E-state index contributed by atoms with van der Waals surface area (Å²) in [5, 5.41) is 0. The van der Waals surface area contributed by atoms with E-state index in [0.29, 0.717) is 0 Å². The fourth-order valence-corrected chi connectivity index (χ4v) is 2.09. The first-order valence-corrected chi connectivity index (χ1v) is 5.16. The Labute approximate surface area is 71.4 Å². The van der Waals surface area contributed by atoms with Crippen molar-refractivity contribution in [3.63, 3.8) is 0 Å². The first kappa shape index (κ1) is 9.09. The summed E-state index contributed by atoms with van der Waals surface area (Å²) in [5.41, 5.74) is 0. The van der Waals surface area contributed by atoms with Gasteiger partial charge in [0.15, 0.2) is 0 Å². The summed E-state index contributed by atoms with van der Waals surface area (Å²) in [6.07, 6.45) is 9.90. The fraction of sp³-hybridized carbons (Fsp3) is 0.909. The molecule has 0 aromatic rings. The summed E-state index contributed by atoms with van der Waals surface area (Å²) in [7, 11) is 0. The lowest BCUT2D eigenvalue weighted by atomic mass is 9.85. The van der Waals surface area contributed by atoms with Crippen LogP contribution >= 0.6 is 0 Å². The molecular formula is C11H21. The quantitative estimate of drug-likeness (QED) is 0.537. The molecule has 1 aliphatic carbocycles. The Morgan fingerprint density at radius 2 is 1.64 bits per heavy atom. The van der Waals surface area contributed by atoms with Gasteiger partial charge in [0, 0.05) is 0 Å². The first-order chi connectivity index (χ1) is 5.33. The van der Waals surface area contributed by atoms with Crippen molar-refractivity contribution >= 4 is 0 Å². The molecule has 0 unspecified atom stereocenters. The predicted octanol–water partition coefficient (Wildman–Crippen LogP) is 3.82. The van der Waals surface area contributed by atoms with Crippen molar-refractivity contribution in [2.75, 3.05) is 0 Å². The Bertz CT molecular complexity index is 86.2. The van der Waals surface area contributed by atoms with Crippen LogP contribution in [-0.4, -0.2) is 0 Å². The molecule has 1 aliphatic rings. The van der Waals surface area contributed by atoms with Gasteiger partial charge in [-0.25, -0.2) is 0 Å². The second kappa shape index (κ2) is 4.79. The van der Waals surface area contributed by atoms with Crippen molar-refractivity contribution in [2.24, 2.45) is 11.8 Å². The van der Waals surface area contributed by atoms with Gasteiger partial charge in [0.25, 0.3) is 0 Å². The highest BCUT2D eigenvalue weighted by atomic mass is 14.2. The standard InChI is InChI=1S/C11H21/c1-3-11-8-4-6-10(2)7-5-9-11/h10-11H,2-9H2,1H3. The minimum Gasteiger partial charge on any atom is -0.0651 e. The fourth-order valence-electron chi connectivity index (χ4n) is 2.09. The molecule has 0 aromatic heterocycles. The van der Waals surface area contributed by atoms with E-state index < -0.39 is 0 Å². The van der Waals surface area contributed by atoms with Crippen LogP contribution in [0.2, 0.25) is 0 Å². The van der Waals surface area contributed by atoms with Gasteiger partial charge in [-0.15, -0.1) is 0 Å². The molecule has 0 aliphatic heterocycles. The largest absolute Gasteiger partial charge is 0.0651 e. The molecule has 0 amide bonds. The van der Waals surface area contributed by atoms with Crippen molar-refractivity contribution < 1.29 is 0 Å². The lowest BCUT2D eigenvalue weighted by molar-refractivity contribution is 0.338. The van der Waals surface area contributed by atoms with Crippen molar-refractivity contribution in [2.45, 2.75) is 51.9 Å². The lowest BCUT2D eigenvalue weighted by Gasteiger charge is -2.20. The maximum atomic E-state index is 4.15. The molecule has 0 heterocycles. The smallest absolute Gasteiger partial charge is 0.0414 e. The molecule has 1 radical (unpaired) electrons. The van der Waals surface area contributed by atoms with Crippen LogP contribution in [-0.2, 0) is 0 Å². The van der Waals surface area contributed by atoms with Gasteiger partial charge in [-0.2, -0.15) is 0 Å². The molecule has 65 valence electrons. The van der Waals surface area contributed by atoms with Crippen LogP contribution in [0, 0.1) is 18.8 Å². The van der Waals surface area contributed by atoms with E-state index in [0.717, 1.165) is 11.8 Å². The van der Waals surface area contributed by atoms with E-state index in [1.54, 1.807) is 0 Å². The molecule has 0 saturated heterocycles. The van der Waals surface area contributed by atoms with Gasteiger partial charge in [0.05, 0.1) is 0 Å². The molecule has 1 rings (SSSR count). The third kappa shape index (κ3) is 3.27. The van der Waals surface area contributed by atoms with Crippen molar-refractivity contribution in [1.29, 1.82) is 0 Å². The first-order valence-electron chi connectivity index (χ1n) is 5.16. The molecular weight excluding hydrogens is 132 g/mol. The summed E-state index contributed by atoms with van der Waals surface area (Å²) < 4.78 is 0. The zero-order valence-electron chi connectivity index (χ0n) is 7.81. The number of hydrogen-bond donors (Lipinski definition) is 0. The zero-order valence-corrected chi connectivity index (χ0v) is 7.81. The maximum absolute atomic E-state index is 4.15. The number of rotatable bonds is 1. The zero-order chi connectivity index (χ0) is 8.10. The highest BCUT2D eigenvalue weighted by Gasteiger charge is 2.12. The van der Waals surface area contributed by atoms with Crippen LogP contribution in [0.25, 0.3) is 0 Å². The SMILES string of the molecule is [CH2]C1CCCC(CC)CCC1. The van der Waals surface area contributed by atoms with Crippen LogP contribution < -0.4 is 0 Å². The molecule has 0 nitrogen and oxygen atoms in total. The van der Waals surface area contributed by atoms with Crippen LogP contribution in [0.15, 0.2) is 0 Å². The topological polar surface area (TPSA) is 0 Å². The Morgan fingerprint density at radius 1 is 1.09 bits per heavy atom. The molecule has 0 N–H and O–H groups in total. The van der Waals surface area contributed by atoms with Gasteiger partial charge in [0.1, 0.15) is 0 Å². The summed E-state index contributed by atoms with van der Waals surface area (Å²) in [6, 6.07) is 0. The van der Waals surface area contributed by atoms with Gasteiger partial charge in [0.2, 0.25) is 0 Å². The normalized spacial score (nSPS) is 34.4. The van der Waals surface area contributed by atoms with Gasteiger partial charge in [-0.05, 0) is 11.8 Å². The molecule has 1 saturated carbocycles. The van der Waals surface area contributed by atoms with Gasteiger partial charge < -0.3 is 0 Å². The van der Waals surface area contributed by atoms with Gasteiger partial charge in [-0.1, -0.05) is 58.8 Å². The van der Waals surface area contributed by atoms with Crippen LogP contribution in [0.5, 0.6) is 0 Å². The number of hydrogen-bond acceptors (Lipinski definition) is 0. The molecule has 0 heteroatoms. The Hall–Kier alpha value is 0. The van der Waals surface area contributed by atoms with Crippen LogP contribution in [0.3, 0.4) is 0 Å². The summed E-state index contributed by atoms with van der Waals surface area (Å²) in [4.78, 5) is 0. The predicted molar refractivity (Wildman–Crippen MR) is 50.3 cm³/mol. The third-order valence-corrected chi connectivity index (χ3v) is 3.03. The Balaban J connectivity index is 2.22. The monoisotopic (exact) mass is 153 g/mol. The average molecular weight is 153 g/mol. The van der Waals surface area contributed by atoms with Crippen molar-refractivity contribution in [3.8, 4) is 0 Å². The highest BCUT2D eigenvalue weighted by Crippen LogP contribution is 2.26. The van der Waals surface area contributed by atoms with Crippen LogP contribution in [0.1, 0.15) is 51.9 Å². The van der Waals surface area contributed by atoms with Crippen molar-refractivity contribution in [1.82, 2.24) is 0 Å². The van der Waals surface area contributed by atoms with E-state index in [-0.39, 0.29) is 0 Å².